The Kier molecular flexibility index (Phi) is 14.5. The van der Waals surface area contributed by atoms with Crippen molar-refractivity contribution in [3.63, 3.8) is 0 Å². The highest BCUT2D eigenvalue weighted by molar-refractivity contribution is 5.81. The topological polar surface area (TPSA) is 138 Å². The van der Waals surface area contributed by atoms with E-state index in [9.17, 15) is 19.2 Å². The summed E-state index contributed by atoms with van der Waals surface area (Å²) in [7, 11) is 0. The lowest BCUT2D eigenvalue weighted by molar-refractivity contribution is -0.142. The van der Waals surface area contributed by atoms with E-state index in [4.69, 9.17) is 23.7 Å². The lowest BCUT2D eigenvalue weighted by Crippen LogP contribution is -2.50. The molecule has 0 saturated heterocycles. The lowest BCUT2D eigenvalue weighted by Gasteiger charge is -2.46. The predicted molar refractivity (Wildman–Crippen MR) is 140 cm³/mol. The van der Waals surface area contributed by atoms with Crippen molar-refractivity contribution in [2.24, 2.45) is 10.8 Å². The minimum absolute atomic E-state index is 0.0599. The molecule has 3 atom stereocenters. The number of amides is 2. The van der Waals surface area contributed by atoms with Crippen LogP contribution in [0.3, 0.4) is 0 Å². The van der Waals surface area contributed by atoms with E-state index in [0.29, 0.717) is 19.6 Å². The summed E-state index contributed by atoms with van der Waals surface area (Å²) in [4.78, 5) is 47.4. The minimum atomic E-state index is -0.763. The Bertz CT molecular complexity index is 814. The summed E-state index contributed by atoms with van der Waals surface area (Å²) in [6.45, 7) is 15.6. The summed E-state index contributed by atoms with van der Waals surface area (Å²) in [5.41, 5.74) is -0.439. The van der Waals surface area contributed by atoms with Crippen molar-refractivity contribution in [1.29, 1.82) is 0 Å². The zero-order chi connectivity index (χ0) is 28.6. The fraction of sp³-hybridized carbons (Fsp3) is 0.704. The Morgan fingerprint density at radius 3 is 2.24 bits per heavy atom. The highest BCUT2D eigenvalue weighted by atomic mass is 16.6. The maximum Gasteiger partial charge on any atom is 0.407 e. The van der Waals surface area contributed by atoms with E-state index in [1.54, 1.807) is 0 Å². The van der Waals surface area contributed by atoms with Crippen LogP contribution in [-0.4, -0.2) is 75.9 Å². The molecule has 0 spiro atoms. The number of hydrogen-bond acceptors (Lipinski definition) is 9. The summed E-state index contributed by atoms with van der Waals surface area (Å²) in [5, 5.41) is 5.70. The number of carbonyl (C=O) groups excluding carboxylic acids is 4. The van der Waals surface area contributed by atoms with Crippen molar-refractivity contribution < 1.29 is 42.9 Å². The van der Waals surface area contributed by atoms with Crippen LogP contribution < -0.4 is 10.6 Å². The Balaban J connectivity index is 2.62. The van der Waals surface area contributed by atoms with Gasteiger partial charge in [0, 0.05) is 31.3 Å². The first kappa shape index (κ1) is 32.9. The molecule has 1 aliphatic carbocycles. The normalized spacial score (nSPS) is 20.8. The lowest BCUT2D eigenvalue weighted by atomic mass is 9.62. The minimum Gasteiger partial charge on any atom is -0.459 e. The van der Waals surface area contributed by atoms with Gasteiger partial charge in [0.25, 0.3) is 0 Å². The van der Waals surface area contributed by atoms with Gasteiger partial charge in [0.15, 0.2) is 6.10 Å². The molecular formula is C27H44N2O9. The number of alkyl carbamates (subject to hydrolysis) is 2. The molecule has 0 aromatic rings. The van der Waals surface area contributed by atoms with Crippen molar-refractivity contribution in [2.45, 2.75) is 71.9 Å². The van der Waals surface area contributed by atoms with Crippen molar-refractivity contribution in [3.8, 4) is 0 Å². The molecule has 0 aromatic heterocycles. The molecule has 3 unspecified atom stereocenters. The number of unbranched alkanes of at least 4 members (excludes halogenated alkanes) is 1. The number of carbonyl (C=O) groups is 4. The van der Waals surface area contributed by atoms with Crippen molar-refractivity contribution in [1.82, 2.24) is 10.6 Å². The molecule has 0 aliphatic heterocycles. The molecule has 1 fully saturated rings. The fourth-order valence-corrected chi connectivity index (χ4v) is 4.70. The average molecular weight is 541 g/mol. The van der Waals surface area contributed by atoms with Crippen LogP contribution in [0.2, 0.25) is 0 Å². The summed E-state index contributed by atoms with van der Waals surface area (Å²) in [5.74, 6) is -1.20. The average Bonchev–Trinajstić information content (AvgIpc) is 2.84. The molecule has 0 bridgehead atoms. The van der Waals surface area contributed by atoms with Crippen LogP contribution in [0.25, 0.3) is 0 Å². The van der Waals surface area contributed by atoms with Crippen molar-refractivity contribution in [2.75, 3.05) is 39.6 Å². The third-order valence-corrected chi connectivity index (χ3v) is 5.95. The van der Waals surface area contributed by atoms with Crippen molar-refractivity contribution in [3.05, 3.63) is 25.3 Å². The van der Waals surface area contributed by atoms with Crippen LogP contribution in [0.1, 0.15) is 59.8 Å². The smallest absolute Gasteiger partial charge is 0.407 e. The maximum absolute atomic E-state index is 12.6. The second-order valence-electron chi connectivity index (χ2n) is 10.6. The summed E-state index contributed by atoms with van der Waals surface area (Å²) in [6.07, 6.45) is 4.05. The van der Waals surface area contributed by atoms with Gasteiger partial charge in [-0.1, -0.05) is 47.3 Å². The molecule has 0 heterocycles. The van der Waals surface area contributed by atoms with Crippen LogP contribution in [0.4, 0.5) is 9.59 Å². The Labute approximate surface area is 225 Å². The van der Waals surface area contributed by atoms with Gasteiger partial charge in [-0.25, -0.2) is 19.2 Å². The quantitative estimate of drug-likeness (QED) is 0.130. The van der Waals surface area contributed by atoms with E-state index in [-0.39, 0.29) is 43.3 Å². The van der Waals surface area contributed by atoms with E-state index in [0.717, 1.165) is 37.8 Å². The van der Waals surface area contributed by atoms with Gasteiger partial charge in [-0.3, -0.25) is 0 Å². The summed E-state index contributed by atoms with van der Waals surface area (Å²) in [6, 6.07) is -0.178. The van der Waals surface area contributed by atoms with E-state index in [2.05, 4.69) is 37.6 Å². The Hall–Kier alpha value is -3.08. The number of nitrogens with one attached hydrogen (secondary N) is 2. The molecule has 1 saturated carbocycles. The molecule has 1 rings (SSSR count). The van der Waals surface area contributed by atoms with Crippen LogP contribution in [0.15, 0.2) is 25.3 Å². The second-order valence-corrected chi connectivity index (χ2v) is 10.6. The van der Waals surface area contributed by atoms with Gasteiger partial charge in [-0.05, 0) is 36.5 Å². The molecule has 0 aromatic carbocycles. The Morgan fingerprint density at radius 1 is 0.921 bits per heavy atom. The van der Waals surface area contributed by atoms with Crippen molar-refractivity contribution >= 4 is 24.1 Å². The second kappa shape index (κ2) is 16.7. The van der Waals surface area contributed by atoms with Crippen LogP contribution in [-0.2, 0) is 33.3 Å². The summed E-state index contributed by atoms with van der Waals surface area (Å²) < 4.78 is 25.9. The van der Waals surface area contributed by atoms with E-state index in [1.807, 2.05) is 13.8 Å². The fourth-order valence-electron chi connectivity index (χ4n) is 4.70. The molecule has 0 radical (unpaired) electrons. The zero-order valence-electron chi connectivity index (χ0n) is 23.2. The van der Waals surface area contributed by atoms with Gasteiger partial charge in [-0.15, -0.1) is 0 Å². The molecule has 1 aliphatic rings. The standard InChI is InChI=1S/C27H44N2O9/c1-7-10-11-34-16-21(17-37-23(31)9-3)38-24(32)28-19-27(6)15-20(14-26(4,5)18-27)29-25(33)36-13-12-35-22(30)8-2/h8-9,20-21H,2-3,7,10-19H2,1,4-6H3,(H,28,32)(H,29,33). The van der Waals surface area contributed by atoms with Gasteiger partial charge >= 0.3 is 24.1 Å². The maximum atomic E-state index is 12.6. The highest BCUT2D eigenvalue weighted by Crippen LogP contribution is 2.45. The van der Waals surface area contributed by atoms with Crippen LogP contribution in [0.5, 0.6) is 0 Å². The largest absolute Gasteiger partial charge is 0.459 e. The Morgan fingerprint density at radius 2 is 1.58 bits per heavy atom. The van der Waals surface area contributed by atoms with E-state index < -0.39 is 30.2 Å². The van der Waals surface area contributed by atoms with Crippen LogP contribution >= 0.6 is 0 Å². The van der Waals surface area contributed by atoms with Gasteiger partial charge in [0.05, 0.1) is 6.61 Å². The van der Waals surface area contributed by atoms with Crippen LogP contribution in [0, 0.1) is 10.8 Å². The number of esters is 2. The molecule has 216 valence electrons. The number of rotatable bonds is 16. The molecule has 2 N–H and O–H groups in total. The summed E-state index contributed by atoms with van der Waals surface area (Å²) >= 11 is 0. The monoisotopic (exact) mass is 540 g/mol. The molecule has 38 heavy (non-hydrogen) atoms. The number of ether oxygens (including phenoxy) is 5. The molecular weight excluding hydrogens is 496 g/mol. The molecule has 11 heteroatoms. The third kappa shape index (κ3) is 14.0. The zero-order valence-corrected chi connectivity index (χ0v) is 23.2. The van der Waals surface area contributed by atoms with Gasteiger partial charge < -0.3 is 34.3 Å². The predicted octanol–water partition coefficient (Wildman–Crippen LogP) is 3.67. The number of hydrogen-bond donors (Lipinski definition) is 2. The van der Waals surface area contributed by atoms with E-state index >= 15 is 0 Å². The van der Waals surface area contributed by atoms with Gasteiger partial charge in [-0.2, -0.15) is 0 Å². The van der Waals surface area contributed by atoms with Gasteiger partial charge in [0.2, 0.25) is 0 Å². The van der Waals surface area contributed by atoms with Gasteiger partial charge in [0.1, 0.15) is 19.8 Å². The highest BCUT2D eigenvalue weighted by Gasteiger charge is 2.42. The first-order chi connectivity index (χ1) is 17.9. The van der Waals surface area contributed by atoms with E-state index in [1.165, 1.54) is 0 Å². The SMILES string of the molecule is C=CC(=O)OCCOC(=O)NC1CC(C)(C)CC(C)(CNC(=O)OC(COCCCC)COC(=O)C=C)C1. The third-order valence-electron chi connectivity index (χ3n) is 5.95. The molecule has 2 amide bonds. The first-order valence-corrected chi connectivity index (χ1v) is 13.0. The molecule has 11 nitrogen and oxygen atoms in total. The first-order valence-electron chi connectivity index (χ1n) is 13.0.